The number of nitrogens with one attached hydrogen (secondary N) is 2. The summed E-state index contributed by atoms with van der Waals surface area (Å²) in [6.45, 7) is 3.61. The fourth-order valence-electron chi connectivity index (χ4n) is 2.62. The number of urea groups is 1. The van der Waals surface area contributed by atoms with Crippen LogP contribution >= 0.6 is 7.60 Å². The second kappa shape index (κ2) is 9.81. The predicted octanol–water partition coefficient (Wildman–Crippen LogP) is -0.634. The first-order chi connectivity index (χ1) is 13.5. The average molecular weight is 435 g/mol. The van der Waals surface area contributed by atoms with Crippen LogP contribution in [0.4, 0.5) is 10.6 Å². The number of aliphatic hydroxyl groups is 3. The maximum atomic E-state index is 11.6. The van der Waals surface area contributed by atoms with E-state index in [1.807, 2.05) is 0 Å². The number of hydrogen-bond donors (Lipinski definition) is 7. The molecule has 1 aliphatic rings. The van der Waals surface area contributed by atoms with Gasteiger partial charge in [0.25, 0.3) is 0 Å². The minimum absolute atomic E-state index is 0.0529. The molecule has 13 heteroatoms. The molecular weight excluding hydrogens is 409 g/mol. The summed E-state index contributed by atoms with van der Waals surface area (Å²) in [5, 5.41) is 35.2. The van der Waals surface area contributed by atoms with Gasteiger partial charge in [-0.25, -0.2) is 9.78 Å². The molecular formula is C16H26N3O9P. The molecule has 2 heterocycles. The van der Waals surface area contributed by atoms with Crippen molar-refractivity contribution in [3.63, 3.8) is 0 Å². The Morgan fingerprint density at radius 3 is 2.48 bits per heavy atom. The molecule has 0 radical (unpaired) electrons. The highest BCUT2D eigenvalue weighted by molar-refractivity contribution is 7.51. The van der Waals surface area contributed by atoms with Gasteiger partial charge in [0.2, 0.25) is 6.29 Å². The summed E-state index contributed by atoms with van der Waals surface area (Å²) in [5.41, 5.74) is 0. The number of aliphatic hydroxyl groups excluding tert-OH is 3. The van der Waals surface area contributed by atoms with E-state index in [2.05, 4.69) is 15.6 Å². The molecule has 0 spiro atoms. The van der Waals surface area contributed by atoms with Crippen molar-refractivity contribution in [1.82, 2.24) is 10.3 Å². The molecule has 1 saturated heterocycles. The SMILES string of the molecule is CC(C)NC(=O)Nc1ccc(O[C@H]2O[C@H](CCP(=O)(O)O)[C@@H](O)[C@H](O)[C@@H]2O)cn1. The quantitative estimate of drug-likeness (QED) is 0.271. The molecule has 0 unspecified atom stereocenters. The Labute approximate surface area is 167 Å². The first-order valence-electron chi connectivity index (χ1n) is 8.90. The van der Waals surface area contributed by atoms with Crippen LogP contribution in [0.5, 0.6) is 5.75 Å². The maximum Gasteiger partial charge on any atom is 0.325 e. The van der Waals surface area contributed by atoms with E-state index >= 15 is 0 Å². The molecule has 0 bridgehead atoms. The summed E-state index contributed by atoms with van der Waals surface area (Å²) in [6, 6.07) is 2.40. The fraction of sp³-hybridized carbons (Fsp3) is 0.625. The lowest BCUT2D eigenvalue weighted by atomic mass is 9.97. The number of pyridine rings is 1. The van der Waals surface area contributed by atoms with Gasteiger partial charge in [0, 0.05) is 6.04 Å². The third kappa shape index (κ3) is 7.19. The Bertz CT molecular complexity index is 727. The Morgan fingerprint density at radius 1 is 1.24 bits per heavy atom. The summed E-state index contributed by atoms with van der Waals surface area (Å²) in [4.78, 5) is 33.6. The van der Waals surface area contributed by atoms with Gasteiger partial charge in [-0.3, -0.25) is 9.88 Å². The van der Waals surface area contributed by atoms with Gasteiger partial charge in [-0.05, 0) is 32.4 Å². The molecule has 1 aromatic heterocycles. The number of hydrogen-bond acceptors (Lipinski definition) is 8. The van der Waals surface area contributed by atoms with E-state index in [0.29, 0.717) is 0 Å². The van der Waals surface area contributed by atoms with Crippen molar-refractivity contribution < 1.29 is 43.9 Å². The first-order valence-corrected chi connectivity index (χ1v) is 10.7. The summed E-state index contributed by atoms with van der Waals surface area (Å²) in [7, 11) is -4.33. The van der Waals surface area contributed by atoms with Crippen molar-refractivity contribution in [3.8, 4) is 5.75 Å². The zero-order valence-corrected chi connectivity index (χ0v) is 16.8. The molecule has 0 aromatic carbocycles. The van der Waals surface area contributed by atoms with Crippen molar-refractivity contribution in [1.29, 1.82) is 0 Å². The average Bonchev–Trinajstić information content (AvgIpc) is 2.61. The van der Waals surface area contributed by atoms with Gasteiger partial charge >= 0.3 is 13.6 Å². The van der Waals surface area contributed by atoms with Gasteiger partial charge in [0.1, 0.15) is 29.9 Å². The molecule has 1 fully saturated rings. The highest BCUT2D eigenvalue weighted by Crippen LogP contribution is 2.37. The number of ether oxygens (including phenoxy) is 2. The van der Waals surface area contributed by atoms with Crippen molar-refractivity contribution >= 4 is 19.4 Å². The third-order valence-electron chi connectivity index (χ3n) is 4.02. The number of carbonyl (C=O) groups is 1. The van der Waals surface area contributed by atoms with E-state index in [1.165, 1.54) is 18.3 Å². The van der Waals surface area contributed by atoms with E-state index in [9.17, 15) is 24.7 Å². The minimum atomic E-state index is -4.33. The van der Waals surface area contributed by atoms with Crippen LogP contribution in [-0.2, 0) is 9.30 Å². The van der Waals surface area contributed by atoms with Gasteiger partial charge < -0.3 is 39.9 Å². The lowest BCUT2D eigenvalue weighted by Crippen LogP contribution is -2.59. The van der Waals surface area contributed by atoms with Crippen molar-refractivity contribution in [2.75, 3.05) is 11.5 Å². The lowest BCUT2D eigenvalue weighted by Gasteiger charge is -2.40. The zero-order valence-electron chi connectivity index (χ0n) is 15.9. The van der Waals surface area contributed by atoms with E-state index < -0.39 is 50.5 Å². The monoisotopic (exact) mass is 435 g/mol. The largest absolute Gasteiger partial charge is 0.460 e. The van der Waals surface area contributed by atoms with Crippen LogP contribution in [0.1, 0.15) is 20.3 Å². The standard InChI is InChI=1S/C16H26N3O9P/c1-8(2)18-16(23)19-11-4-3-9(7-17-11)27-15-14(22)13(21)12(20)10(28-15)5-6-29(24,25)26/h3-4,7-8,10,12-15,20-22H,5-6H2,1-2H3,(H2,24,25,26)(H2,17,18,19,23)/t10-,12-,13+,14+,15+/m1/s1. The topological polar surface area (TPSA) is 191 Å². The van der Waals surface area contributed by atoms with Crippen LogP contribution in [0, 0.1) is 0 Å². The number of aromatic nitrogens is 1. The molecule has 2 rings (SSSR count). The molecule has 1 aromatic rings. The second-order valence-corrected chi connectivity index (χ2v) is 8.72. The normalized spacial score (nSPS) is 27.5. The lowest BCUT2D eigenvalue weighted by molar-refractivity contribution is -0.272. The minimum Gasteiger partial charge on any atom is -0.460 e. The van der Waals surface area contributed by atoms with E-state index in [-0.39, 0.29) is 24.0 Å². The summed E-state index contributed by atoms with van der Waals surface area (Å²) >= 11 is 0. The number of anilines is 1. The number of carbonyl (C=O) groups excluding carboxylic acids is 1. The summed E-state index contributed by atoms with van der Waals surface area (Å²) in [6.07, 6.45) is -6.90. The van der Waals surface area contributed by atoms with Crippen LogP contribution in [0.15, 0.2) is 18.3 Å². The van der Waals surface area contributed by atoms with Crippen molar-refractivity contribution in [2.24, 2.45) is 0 Å². The molecule has 1 aliphatic heterocycles. The molecule has 29 heavy (non-hydrogen) atoms. The van der Waals surface area contributed by atoms with E-state index in [1.54, 1.807) is 13.8 Å². The highest BCUT2D eigenvalue weighted by Gasteiger charge is 2.45. The van der Waals surface area contributed by atoms with Gasteiger partial charge in [0.05, 0.1) is 18.5 Å². The van der Waals surface area contributed by atoms with Gasteiger partial charge in [-0.1, -0.05) is 0 Å². The Kier molecular flexibility index (Phi) is 7.94. The molecule has 5 atom stereocenters. The van der Waals surface area contributed by atoms with E-state index in [4.69, 9.17) is 19.3 Å². The Morgan fingerprint density at radius 2 is 1.93 bits per heavy atom. The Hall–Kier alpha value is -1.79. The third-order valence-corrected chi connectivity index (χ3v) is 4.86. The van der Waals surface area contributed by atoms with Gasteiger partial charge in [0.15, 0.2) is 0 Å². The molecule has 0 saturated carbocycles. The second-order valence-electron chi connectivity index (χ2n) is 6.94. The summed E-state index contributed by atoms with van der Waals surface area (Å²) < 4.78 is 21.9. The highest BCUT2D eigenvalue weighted by atomic mass is 31.2. The zero-order chi connectivity index (χ0) is 21.8. The molecule has 2 amide bonds. The smallest absolute Gasteiger partial charge is 0.325 e. The predicted molar refractivity (Wildman–Crippen MR) is 100 cm³/mol. The first kappa shape index (κ1) is 23.5. The number of rotatable bonds is 7. The number of amides is 2. The van der Waals surface area contributed by atoms with Crippen LogP contribution in [0.25, 0.3) is 0 Å². The van der Waals surface area contributed by atoms with Crippen LogP contribution < -0.4 is 15.4 Å². The van der Waals surface area contributed by atoms with Crippen molar-refractivity contribution in [3.05, 3.63) is 18.3 Å². The maximum absolute atomic E-state index is 11.6. The van der Waals surface area contributed by atoms with Crippen LogP contribution in [0.2, 0.25) is 0 Å². The molecule has 12 nitrogen and oxygen atoms in total. The van der Waals surface area contributed by atoms with Crippen molar-refractivity contribution in [2.45, 2.75) is 57.0 Å². The van der Waals surface area contributed by atoms with Crippen LogP contribution in [-0.4, -0.2) is 79.0 Å². The summed E-state index contributed by atoms with van der Waals surface area (Å²) in [5.74, 6) is 0.386. The van der Waals surface area contributed by atoms with E-state index in [0.717, 1.165) is 0 Å². The number of nitrogens with zero attached hydrogens (tertiary/aromatic N) is 1. The van der Waals surface area contributed by atoms with Crippen LogP contribution in [0.3, 0.4) is 0 Å². The van der Waals surface area contributed by atoms with Gasteiger partial charge in [-0.2, -0.15) is 0 Å². The molecule has 7 N–H and O–H groups in total. The molecule has 0 aliphatic carbocycles. The fourth-order valence-corrected chi connectivity index (χ4v) is 3.21. The Balaban J connectivity index is 1.99. The molecule has 164 valence electrons. The van der Waals surface area contributed by atoms with Gasteiger partial charge in [-0.15, -0.1) is 0 Å².